The molecule has 1 rings (SSSR count). The quantitative estimate of drug-likeness (QED) is 0.659. The number of amides is 1. The Balaban J connectivity index is 3.22. The largest absolute Gasteiger partial charge is 0.468 e. The molecule has 21 heavy (non-hydrogen) atoms. The third kappa shape index (κ3) is 4.27. The van der Waals surface area contributed by atoms with Gasteiger partial charge in [0.2, 0.25) is 0 Å². The van der Waals surface area contributed by atoms with Gasteiger partial charge < -0.3 is 14.8 Å². The van der Waals surface area contributed by atoms with Crippen LogP contribution in [0.4, 0.5) is 9.18 Å². The van der Waals surface area contributed by atoms with Crippen LogP contribution >= 0.6 is 0 Å². The summed E-state index contributed by atoms with van der Waals surface area (Å²) in [5.41, 5.74) is 0.382. The average Bonchev–Trinajstić information content (AvgIpc) is 2.46. The molecule has 1 amide bonds. The van der Waals surface area contributed by atoms with Crippen molar-refractivity contribution in [2.24, 2.45) is 5.92 Å². The number of ketones is 1. The summed E-state index contributed by atoms with van der Waals surface area (Å²) in [7, 11) is 2.29. The third-order valence-electron chi connectivity index (χ3n) is 2.91. The number of esters is 1. The van der Waals surface area contributed by atoms with Gasteiger partial charge in [-0.2, -0.15) is 0 Å². The van der Waals surface area contributed by atoms with Crippen LogP contribution in [0.5, 0.6) is 0 Å². The molecule has 2 atom stereocenters. The summed E-state index contributed by atoms with van der Waals surface area (Å²) in [6.07, 6.45) is -0.820. The van der Waals surface area contributed by atoms with E-state index in [1.165, 1.54) is 19.1 Å². The lowest BCUT2D eigenvalue weighted by Gasteiger charge is -2.24. The summed E-state index contributed by atoms with van der Waals surface area (Å²) >= 11 is 0. The first-order valence-corrected chi connectivity index (χ1v) is 6.09. The first-order valence-electron chi connectivity index (χ1n) is 6.09. The topological polar surface area (TPSA) is 81.7 Å². The molecule has 1 N–H and O–H groups in total. The van der Waals surface area contributed by atoms with E-state index in [4.69, 9.17) is 0 Å². The molecule has 6 nitrogen and oxygen atoms in total. The van der Waals surface area contributed by atoms with Crippen molar-refractivity contribution in [3.05, 3.63) is 35.6 Å². The van der Waals surface area contributed by atoms with Crippen LogP contribution in [0, 0.1) is 11.7 Å². The lowest BCUT2D eigenvalue weighted by atomic mass is 9.90. The molecule has 2 unspecified atom stereocenters. The second kappa shape index (κ2) is 7.37. The maximum Gasteiger partial charge on any atom is 0.407 e. The Morgan fingerprint density at radius 2 is 1.67 bits per heavy atom. The van der Waals surface area contributed by atoms with Gasteiger partial charge in [0.05, 0.1) is 20.3 Å². The Morgan fingerprint density at radius 1 is 1.10 bits per heavy atom. The molecule has 1 aromatic rings. The van der Waals surface area contributed by atoms with Crippen molar-refractivity contribution in [1.82, 2.24) is 5.32 Å². The van der Waals surface area contributed by atoms with Gasteiger partial charge >= 0.3 is 12.1 Å². The van der Waals surface area contributed by atoms with E-state index in [2.05, 4.69) is 14.8 Å². The van der Waals surface area contributed by atoms with Gasteiger partial charge in [-0.25, -0.2) is 9.18 Å². The minimum atomic E-state index is -1.25. The number of ether oxygens (including phenoxy) is 2. The standard InChI is InChI=1S/C14H16FNO5/c1-8(17)11(13(18)20-2)12(16-14(19)21-3)9-4-6-10(15)7-5-9/h4-7,11-12H,1-3H3,(H,16,19). The highest BCUT2D eigenvalue weighted by molar-refractivity contribution is 5.99. The Hall–Kier alpha value is -2.44. The van der Waals surface area contributed by atoms with Crippen LogP contribution < -0.4 is 5.32 Å². The van der Waals surface area contributed by atoms with Gasteiger partial charge in [-0.1, -0.05) is 12.1 Å². The van der Waals surface area contributed by atoms with Crippen molar-refractivity contribution in [3.63, 3.8) is 0 Å². The van der Waals surface area contributed by atoms with Gasteiger partial charge in [0, 0.05) is 0 Å². The van der Waals surface area contributed by atoms with Crippen molar-refractivity contribution in [2.45, 2.75) is 13.0 Å². The van der Waals surface area contributed by atoms with E-state index in [1.54, 1.807) is 0 Å². The Labute approximate surface area is 121 Å². The number of halogens is 1. The number of nitrogens with one attached hydrogen (secondary N) is 1. The number of carbonyl (C=O) groups is 3. The molecule has 0 spiro atoms. The SMILES string of the molecule is COC(=O)NC(c1ccc(F)cc1)C(C(C)=O)C(=O)OC. The zero-order chi connectivity index (χ0) is 16.0. The summed E-state index contributed by atoms with van der Waals surface area (Å²) in [5.74, 6) is -3.02. The predicted octanol–water partition coefficient (Wildman–Crippen LogP) is 1.60. The van der Waals surface area contributed by atoms with Gasteiger partial charge in [0.15, 0.2) is 0 Å². The highest BCUT2D eigenvalue weighted by Crippen LogP contribution is 2.25. The molecule has 0 aliphatic carbocycles. The monoisotopic (exact) mass is 297 g/mol. The van der Waals surface area contributed by atoms with Crippen LogP contribution in [-0.4, -0.2) is 32.1 Å². The fourth-order valence-corrected chi connectivity index (χ4v) is 1.88. The zero-order valence-corrected chi connectivity index (χ0v) is 11.9. The van der Waals surface area contributed by atoms with Crippen LogP contribution in [0.3, 0.4) is 0 Å². The summed E-state index contributed by atoms with van der Waals surface area (Å²) < 4.78 is 22.1. The van der Waals surface area contributed by atoms with Crippen LogP contribution in [0.2, 0.25) is 0 Å². The predicted molar refractivity (Wildman–Crippen MR) is 70.9 cm³/mol. The minimum absolute atomic E-state index is 0.382. The van der Waals surface area contributed by atoms with Crippen molar-refractivity contribution in [2.75, 3.05) is 14.2 Å². The zero-order valence-electron chi connectivity index (χ0n) is 11.9. The third-order valence-corrected chi connectivity index (χ3v) is 2.91. The van der Waals surface area contributed by atoms with Crippen LogP contribution in [0.25, 0.3) is 0 Å². The smallest absolute Gasteiger partial charge is 0.407 e. The molecular weight excluding hydrogens is 281 g/mol. The number of Topliss-reactive ketones (excluding diaryl/α,β-unsaturated/α-hetero) is 1. The van der Waals surface area contributed by atoms with E-state index in [0.29, 0.717) is 5.56 Å². The maximum absolute atomic E-state index is 13.0. The summed E-state index contributed by atoms with van der Waals surface area (Å²) in [6, 6.07) is 4.05. The summed E-state index contributed by atoms with van der Waals surface area (Å²) in [5, 5.41) is 2.39. The van der Waals surface area contributed by atoms with E-state index in [1.807, 2.05) is 0 Å². The van der Waals surface area contributed by atoms with Gasteiger partial charge in [-0.3, -0.25) is 9.59 Å². The maximum atomic E-state index is 13.0. The number of benzene rings is 1. The highest BCUT2D eigenvalue weighted by atomic mass is 19.1. The van der Waals surface area contributed by atoms with E-state index in [0.717, 1.165) is 26.4 Å². The van der Waals surface area contributed by atoms with Crippen molar-refractivity contribution < 1.29 is 28.2 Å². The summed E-state index contributed by atoms with van der Waals surface area (Å²) in [6.45, 7) is 1.21. The Bertz CT molecular complexity index is 529. The molecule has 0 saturated carbocycles. The molecule has 0 heterocycles. The molecule has 0 aromatic heterocycles. The lowest BCUT2D eigenvalue weighted by Crippen LogP contribution is -2.40. The minimum Gasteiger partial charge on any atom is -0.468 e. The average molecular weight is 297 g/mol. The number of carbonyl (C=O) groups excluding carboxylic acids is 3. The fourth-order valence-electron chi connectivity index (χ4n) is 1.88. The second-order valence-corrected chi connectivity index (χ2v) is 4.28. The van der Waals surface area contributed by atoms with Gasteiger partial charge in [0.1, 0.15) is 17.5 Å². The normalized spacial score (nSPS) is 13.0. The molecule has 0 aliphatic rings. The first kappa shape index (κ1) is 16.6. The molecule has 7 heteroatoms. The number of methoxy groups -OCH3 is 2. The van der Waals surface area contributed by atoms with E-state index < -0.39 is 35.6 Å². The Morgan fingerprint density at radius 3 is 2.10 bits per heavy atom. The van der Waals surface area contributed by atoms with E-state index in [9.17, 15) is 18.8 Å². The molecule has 0 radical (unpaired) electrons. The second-order valence-electron chi connectivity index (χ2n) is 4.28. The number of hydrogen-bond acceptors (Lipinski definition) is 5. The molecule has 0 fully saturated rings. The van der Waals surface area contributed by atoms with Crippen molar-refractivity contribution in [1.29, 1.82) is 0 Å². The van der Waals surface area contributed by atoms with Crippen molar-refractivity contribution in [3.8, 4) is 0 Å². The van der Waals surface area contributed by atoms with Crippen LogP contribution in [0.15, 0.2) is 24.3 Å². The first-order chi connectivity index (χ1) is 9.90. The van der Waals surface area contributed by atoms with Crippen molar-refractivity contribution >= 4 is 17.8 Å². The van der Waals surface area contributed by atoms with Gasteiger partial charge in [-0.15, -0.1) is 0 Å². The molecule has 0 bridgehead atoms. The van der Waals surface area contributed by atoms with Gasteiger partial charge in [0.25, 0.3) is 0 Å². The van der Waals surface area contributed by atoms with E-state index >= 15 is 0 Å². The number of rotatable bonds is 5. The Kier molecular flexibility index (Phi) is 5.83. The molecule has 0 aliphatic heterocycles. The molecule has 114 valence electrons. The number of alkyl carbamates (subject to hydrolysis) is 1. The molecular formula is C14H16FNO5. The van der Waals surface area contributed by atoms with E-state index in [-0.39, 0.29) is 0 Å². The number of hydrogen-bond donors (Lipinski definition) is 1. The summed E-state index contributed by atoms with van der Waals surface area (Å²) in [4.78, 5) is 35.0. The van der Waals surface area contributed by atoms with Crippen LogP contribution in [0.1, 0.15) is 18.5 Å². The highest BCUT2D eigenvalue weighted by Gasteiger charge is 2.35. The van der Waals surface area contributed by atoms with Gasteiger partial charge in [-0.05, 0) is 24.6 Å². The molecule has 0 saturated heterocycles. The van der Waals surface area contributed by atoms with Crippen LogP contribution in [-0.2, 0) is 19.1 Å². The molecule has 1 aromatic carbocycles. The fraction of sp³-hybridized carbons (Fsp3) is 0.357. The lowest BCUT2D eigenvalue weighted by molar-refractivity contribution is -0.150.